The quantitative estimate of drug-likeness (QED) is 0.433. The number of hydrogen-bond donors (Lipinski definition) is 3. The lowest BCUT2D eigenvalue weighted by molar-refractivity contribution is 0.187. The summed E-state index contributed by atoms with van der Waals surface area (Å²) >= 11 is 1.49. The molecular formula is C24H25N7OS. The van der Waals surface area contributed by atoms with E-state index in [9.17, 15) is 4.79 Å². The van der Waals surface area contributed by atoms with E-state index in [1.807, 2.05) is 12.3 Å². The maximum absolute atomic E-state index is 13.1. The maximum atomic E-state index is 13.1. The normalized spacial score (nSPS) is 19.3. The van der Waals surface area contributed by atoms with Gasteiger partial charge in [0, 0.05) is 35.8 Å². The van der Waals surface area contributed by atoms with Gasteiger partial charge in [-0.2, -0.15) is 10.1 Å². The van der Waals surface area contributed by atoms with Crippen molar-refractivity contribution >= 4 is 33.9 Å². The van der Waals surface area contributed by atoms with Crippen LogP contribution in [0.2, 0.25) is 0 Å². The number of thiazole rings is 1. The average Bonchev–Trinajstić information content (AvgIpc) is 3.51. The predicted octanol–water partition coefficient (Wildman–Crippen LogP) is 3.32. The summed E-state index contributed by atoms with van der Waals surface area (Å²) in [6, 6.07) is 8.56. The van der Waals surface area contributed by atoms with E-state index in [4.69, 9.17) is 5.73 Å². The second-order valence-corrected chi connectivity index (χ2v) is 10.0. The van der Waals surface area contributed by atoms with Crippen molar-refractivity contribution in [1.29, 1.82) is 0 Å². The van der Waals surface area contributed by atoms with E-state index in [2.05, 4.69) is 60.9 Å². The highest BCUT2D eigenvalue weighted by Gasteiger charge is 2.46. The molecule has 0 radical (unpaired) electrons. The SMILES string of the molecule is C=C(c1nc(C)cs1)c1[nH]nc2nc(N3CCC4(CC3)Cc3ccccc3[C@H]4N)[nH]c(=O)c12. The van der Waals surface area contributed by atoms with Crippen molar-refractivity contribution < 1.29 is 0 Å². The molecule has 9 heteroatoms. The van der Waals surface area contributed by atoms with Gasteiger partial charge < -0.3 is 10.6 Å². The highest BCUT2D eigenvalue weighted by Crippen LogP contribution is 2.50. The lowest BCUT2D eigenvalue weighted by Crippen LogP contribution is -2.45. The molecule has 4 aromatic rings. The van der Waals surface area contributed by atoms with E-state index >= 15 is 0 Å². The second-order valence-electron chi connectivity index (χ2n) is 9.16. The van der Waals surface area contributed by atoms with Crippen LogP contribution in [0.5, 0.6) is 0 Å². The van der Waals surface area contributed by atoms with Gasteiger partial charge in [-0.1, -0.05) is 30.8 Å². The van der Waals surface area contributed by atoms with Crippen LogP contribution in [0.4, 0.5) is 5.95 Å². The fourth-order valence-corrected chi connectivity index (χ4v) is 6.13. The third kappa shape index (κ3) is 3.14. The van der Waals surface area contributed by atoms with Gasteiger partial charge in [-0.05, 0) is 42.7 Å². The van der Waals surface area contributed by atoms with Gasteiger partial charge in [0.05, 0.1) is 5.69 Å². The summed E-state index contributed by atoms with van der Waals surface area (Å²) in [4.78, 5) is 27.3. The number of fused-ring (bicyclic) bond motifs is 2. The number of anilines is 1. The Balaban J connectivity index is 1.26. The third-order valence-corrected chi connectivity index (χ3v) is 8.26. The van der Waals surface area contributed by atoms with Crippen LogP contribution < -0.4 is 16.2 Å². The molecule has 8 nitrogen and oxygen atoms in total. The Bertz CT molecular complexity index is 1440. The molecule has 0 bridgehead atoms. The zero-order valence-corrected chi connectivity index (χ0v) is 19.2. The first kappa shape index (κ1) is 20.3. The lowest BCUT2D eigenvalue weighted by atomic mass is 9.73. The number of nitrogens with zero attached hydrogens (tertiary/aromatic N) is 4. The van der Waals surface area contributed by atoms with Crippen molar-refractivity contribution in [1.82, 2.24) is 25.1 Å². The Morgan fingerprint density at radius 1 is 1.27 bits per heavy atom. The summed E-state index contributed by atoms with van der Waals surface area (Å²) in [5.74, 6) is 0.556. The van der Waals surface area contributed by atoms with E-state index in [1.165, 1.54) is 22.5 Å². The summed E-state index contributed by atoms with van der Waals surface area (Å²) in [7, 11) is 0. The highest BCUT2D eigenvalue weighted by atomic mass is 32.1. The van der Waals surface area contributed by atoms with E-state index < -0.39 is 0 Å². The molecule has 2 aliphatic rings. The molecule has 3 aromatic heterocycles. The van der Waals surface area contributed by atoms with E-state index in [1.54, 1.807) is 0 Å². The fourth-order valence-electron chi connectivity index (χ4n) is 5.36. The number of piperidine rings is 1. The number of aryl methyl sites for hydroxylation is 1. The van der Waals surface area contributed by atoms with Crippen molar-refractivity contribution in [2.75, 3.05) is 18.0 Å². The van der Waals surface area contributed by atoms with Crippen LogP contribution >= 0.6 is 11.3 Å². The Morgan fingerprint density at radius 3 is 2.79 bits per heavy atom. The van der Waals surface area contributed by atoms with Crippen molar-refractivity contribution in [3.8, 4) is 0 Å². The first-order valence-corrected chi connectivity index (χ1v) is 12.0. The molecular weight excluding hydrogens is 434 g/mol. The van der Waals surface area contributed by atoms with Gasteiger partial charge in [-0.15, -0.1) is 11.3 Å². The topological polar surface area (TPSA) is 117 Å². The van der Waals surface area contributed by atoms with Crippen LogP contribution in [-0.4, -0.2) is 38.2 Å². The molecule has 1 aliphatic heterocycles. The molecule has 0 amide bonds. The summed E-state index contributed by atoms with van der Waals surface area (Å²) in [5.41, 5.74) is 11.7. The molecule has 4 heterocycles. The van der Waals surface area contributed by atoms with Gasteiger partial charge in [0.2, 0.25) is 5.95 Å². The van der Waals surface area contributed by atoms with Gasteiger partial charge in [-0.25, -0.2) is 4.98 Å². The van der Waals surface area contributed by atoms with E-state index in [0.717, 1.165) is 43.1 Å². The molecule has 6 rings (SSSR count). The number of hydrogen-bond acceptors (Lipinski definition) is 7. The first-order chi connectivity index (χ1) is 15.9. The Kier molecular flexibility index (Phi) is 4.53. The number of nitrogens with one attached hydrogen (secondary N) is 2. The number of benzene rings is 1. The third-order valence-electron chi connectivity index (χ3n) is 7.24. The molecule has 1 aliphatic carbocycles. The second kappa shape index (κ2) is 7.36. The molecule has 1 aromatic carbocycles. The van der Waals surface area contributed by atoms with Crippen molar-refractivity contribution in [3.63, 3.8) is 0 Å². The molecule has 1 saturated heterocycles. The maximum Gasteiger partial charge on any atom is 0.264 e. The summed E-state index contributed by atoms with van der Waals surface area (Å²) in [5, 5.41) is 10.4. The van der Waals surface area contributed by atoms with Gasteiger partial charge in [0.1, 0.15) is 10.4 Å². The molecule has 0 unspecified atom stereocenters. The number of nitrogens with two attached hydrogens (primary N) is 1. The van der Waals surface area contributed by atoms with Crippen LogP contribution in [-0.2, 0) is 6.42 Å². The molecule has 1 fully saturated rings. The number of H-pyrrole nitrogens is 2. The molecule has 168 valence electrons. The molecule has 0 saturated carbocycles. The standard InChI is InChI=1S/C24H25N7OS/c1-13-12-33-22(26-13)14(2)18-17-20(30-29-18)27-23(28-21(17)32)31-9-7-24(8-10-31)11-15-5-3-4-6-16(15)19(24)25/h3-6,12,19H,2,7-11,25H2,1H3,(H2,27,28,29,30,32)/t19-/m1/s1. The van der Waals surface area contributed by atoms with Crippen molar-refractivity contribution in [2.45, 2.75) is 32.2 Å². The van der Waals surface area contributed by atoms with Crippen LogP contribution in [0.1, 0.15) is 46.4 Å². The summed E-state index contributed by atoms with van der Waals surface area (Å²) in [6.07, 6.45) is 2.93. The molecule has 1 atom stereocenters. The number of rotatable bonds is 3. The lowest BCUT2D eigenvalue weighted by Gasteiger charge is -2.42. The van der Waals surface area contributed by atoms with Crippen molar-refractivity contribution in [3.05, 3.63) is 74.1 Å². The molecule has 33 heavy (non-hydrogen) atoms. The minimum atomic E-state index is -0.224. The largest absolute Gasteiger partial charge is 0.342 e. The average molecular weight is 460 g/mol. The Hall–Kier alpha value is -3.30. The predicted molar refractivity (Wildman–Crippen MR) is 130 cm³/mol. The van der Waals surface area contributed by atoms with Crippen LogP contribution in [0.25, 0.3) is 16.6 Å². The number of aromatic amines is 2. The van der Waals surface area contributed by atoms with Gasteiger partial charge in [0.25, 0.3) is 5.56 Å². The van der Waals surface area contributed by atoms with Crippen LogP contribution in [0.15, 0.2) is 41.0 Å². The smallest absolute Gasteiger partial charge is 0.264 e. The van der Waals surface area contributed by atoms with Crippen molar-refractivity contribution in [2.24, 2.45) is 11.1 Å². The molecule has 1 spiro atoms. The van der Waals surface area contributed by atoms with Gasteiger partial charge >= 0.3 is 0 Å². The van der Waals surface area contributed by atoms with Gasteiger partial charge in [0.15, 0.2) is 5.65 Å². The van der Waals surface area contributed by atoms with E-state index in [0.29, 0.717) is 28.2 Å². The van der Waals surface area contributed by atoms with Crippen LogP contribution in [0, 0.1) is 12.3 Å². The van der Waals surface area contributed by atoms with Crippen LogP contribution in [0.3, 0.4) is 0 Å². The minimum absolute atomic E-state index is 0.0553. The zero-order valence-electron chi connectivity index (χ0n) is 18.4. The summed E-state index contributed by atoms with van der Waals surface area (Å²) in [6.45, 7) is 7.63. The molecule has 4 N–H and O–H groups in total. The summed E-state index contributed by atoms with van der Waals surface area (Å²) < 4.78 is 0. The fraction of sp³-hybridized carbons (Fsp3) is 0.333. The monoisotopic (exact) mass is 459 g/mol. The number of aromatic nitrogens is 5. The first-order valence-electron chi connectivity index (χ1n) is 11.1. The zero-order chi connectivity index (χ0) is 22.7. The Labute approximate surface area is 194 Å². The highest BCUT2D eigenvalue weighted by molar-refractivity contribution is 7.10. The minimum Gasteiger partial charge on any atom is -0.342 e. The Morgan fingerprint density at radius 2 is 2.06 bits per heavy atom. The van der Waals surface area contributed by atoms with E-state index in [-0.39, 0.29) is 17.0 Å². The van der Waals surface area contributed by atoms with Gasteiger partial charge in [-0.3, -0.25) is 14.9 Å².